The molecule has 9 heteroatoms. The van der Waals surface area contributed by atoms with Crippen LogP contribution in [0.5, 0.6) is 0 Å². The number of likely N-dealkylation sites (N-methyl/N-ethyl adjacent to an activating group) is 1. The number of para-hydroxylation sites is 1. The lowest BCUT2D eigenvalue weighted by Crippen LogP contribution is -2.53. The minimum Gasteiger partial charge on any atom is -0.355 e. The molecule has 0 aliphatic heterocycles. The van der Waals surface area contributed by atoms with Crippen molar-refractivity contribution in [3.63, 3.8) is 0 Å². The Bertz CT molecular complexity index is 1270. The molecule has 0 heterocycles. The van der Waals surface area contributed by atoms with Crippen LogP contribution in [-0.4, -0.2) is 50.8 Å². The average molecular weight is 526 g/mol. The summed E-state index contributed by atoms with van der Waals surface area (Å²) in [7, 11) is -4.21. The summed E-state index contributed by atoms with van der Waals surface area (Å²) in [5.41, 5.74) is 1.28. The van der Waals surface area contributed by atoms with Crippen molar-refractivity contribution in [2.75, 3.05) is 23.9 Å². The summed E-state index contributed by atoms with van der Waals surface area (Å²) in [6.07, 6.45) is 0.862. The van der Waals surface area contributed by atoms with Crippen LogP contribution < -0.4 is 9.62 Å². The summed E-state index contributed by atoms with van der Waals surface area (Å²) >= 11 is 0. The number of rotatable bonds is 12. The highest BCUT2D eigenvalue weighted by atomic mass is 32.2. The van der Waals surface area contributed by atoms with Crippen molar-refractivity contribution in [2.45, 2.75) is 37.6 Å². The molecule has 7 nitrogen and oxygen atoms in total. The highest BCUT2D eigenvalue weighted by molar-refractivity contribution is 7.92. The van der Waals surface area contributed by atoms with E-state index in [2.05, 4.69) is 5.32 Å². The van der Waals surface area contributed by atoms with E-state index >= 15 is 0 Å². The first-order valence-electron chi connectivity index (χ1n) is 12.2. The number of sulfonamides is 1. The molecule has 0 bridgehead atoms. The molecule has 196 valence electrons. The zero-order valence-electron chi connectivity index (χ0n) is 21.0. The Labute approximate surface area is 218 Å². The van der Waals surface area contributed by atoms with Crippen molar-refractivity contribution in [1.29, 1.82) is 0 Å². The molecule has 37 heavy (non-hydrogen) atoms. The first kappa shape index (κ1) is 27.9. The first-order chi connectivity index (χ1) is 17.8. The number of anilines is 1. The molecule has 0 radical (unpaired) electrons. The van der Waals surface area contributed by atoms with Crippen LogP contribution in [0.15, 0.2) is 89.8 Å². The highest BCUT2D eigenvalue weighted by Crippen LogP contribution is 2.24. The smallest absolute Gasteiger partial charge is 0.264 e. The van der Waals surface area contributed by atoms with Crippen LogP contribution in [0.25, 0.3) is 0 Å². The maximum absolute atomic E-state index is 13.8. The van der Waals surface area contributed by atoms with Crippen LogP contribution >= 0.6 is 0 Å². The summed E-state index contributed by atoms with van der Waals surface area (Å²) in [5, 5.41) is 2.78. The zero-order valence-corrected chi connectivity index (χ0v) is 21.8. The minimum absolute atomic E-state index is 0.142. The molecule has 2 amide bonds. The summed E-state index contributed by atoms with van der Waals surface area (Å²) in [6, 6.07) is 21.5. The van der Waals surface area contributed by atoms with E-state index in [1.165, 1.54) is 17.0 Å². The van der Waals surface area contributed by atoms with Gasteiger partial charge in [0.15, 0.2) is 0 Å². The summed E-state index contributed by atoms with van der Waals surface area (Å²) < 4.78 is 41.7. The van der Waals surface area contributed by atoms with Gasteiger partial charge in [-0.05, 0) is 61.7 Å². The Morgan fingerprint density at radius 1 is 0.892 bits per heavy atom. The molecule has 3 aromatic carbocycles. The van der Waals surface area contributed by atoms with Gasteiger partial charge in [0, 0.05) is 13.1 Å². The molecule has 0 unspecified atom stereocenters. The van der Waals surface area contributed by atoms with Crippen LogP contribution in [0, 0.1) is 5.82 Å². The molecule has 1 N–H and O–H groups in total. The highest BCUT2D eigenvalue weighted by Gasteiger charge is 2.33. The molecule has 0 aromatic heterocycles. The average Bonchev–Trinajstić information content (AvgIpc) is 2.90. The van der Waals surface area contributed by atoms with Gasteiger partial charge in [0.1, 0.15) is 18.4 Å². The van der Waals surface area contributed by atoms with Gasteiger partial charge in [-0.3, -0.25) is 13.9 Å². The molecule has 0 saturated heterocycles. The fourth-order valence-corrected chi connectivity index (χ4v) is 5.46. The quantitative estimate of drug-likeness (QED) is 0.387. The van der Waals surface area contributed by atoms with Crippen molar-refractivity contribution in [2.24, 2.45) is 0 Å². The van der Waals surface area contributed by atoms with E-state index in [4.69, 9.17) is 0 Å². The minimum atomic E-state index is -4.21. The Hall–Kier alpha value is -3.72. The molecular formula is C28H32FN3O4S. The number of hydrogen-bond acceptors (Lipinski definition) is 4. The Morgan fingerprint density at radius 3 is 2.05 bits per heavy atom. The lowest BCUT2D eigenvalue weighted by atomic mass is 10.1. The summed E-state index contributed by atoms with van der Waals surface area (Å²) in [6.45, 7) is 3.73. The van der Waals surface area contributed by atoms with Gasteiger partial charge in [0.2, 0.25) is 11.8 Å². The van der Waals surface area contributed by atoms with E-state index in [0.29, 0.717) is 19.4 Å². The molecule has 1 atom stereocenters. The SMILES string of the molecule is CCNC(=O)[C@H](CC)N(CCc1ccccc1)C(=O)CN(c1ccccc1)S(=O)(=O)c1ccc(F)cc1. The van der Waals surface area contributed by atoms with E-state index < -0.39 is 34.3 Å². The van der Waals surface area contributed by atoms with Crippen molar-refractivity contribution < 1.29 is 22.4 Å². The number of carbonyl (C=O) groups excluding carboxylic acids is 2. The molecular weight excluding hydrogens is 493 g/mol. The second-order valence-electron chi connectivity index (χ2n) is 8.44. The summed E-state index contributed by atoms with van der Waals surface area (Å²) in [4.78, 5) is 27.9. The van der Waals surface area contributed by atoms with Gasteiger partial charge in [-0.1, -0.05) is 55.5 Å². The molecule has 0 aliphatic rings. The number of nitrogens with zero attached hydrogens (tertiary/aromatic N) is 2. The summed E-state index contributed by atoms with van der Waals surface area (Å²) in [5.74, 6) is -1.37. The molecule has 0 saturated carbocycles. The zero-order chi connectivity index (χ0) is 26.8. The predicted molar refractivity (Wildman–Crippen MR) is 142 cm³/mol. The van der Waals surface area contributed by atoms with Gasteiger partial charge < -0.3 is 10.2 Å². The number of amides is 2. The maximum atomic E-state index is 13.8. The third-order valence-electron chi connectivity index (χ3n) is 5.95. The molecule has 0 spiro atoms. The standard InChI is InChI=1S/C28H32FN3O4S/c1-3-26(28(34)30-4-2)31(20-19-22-11-7-5-8-12-22)27(33)21-32(24-13-9-6-10-14-24)37(35,36)25-17-15-23(29)16-18-25/h5-18,26H,3-4,19-21H2,1-2H3,(H,30,34)/t26-/m0/s1. The Balaban J connectivity index is 1.97. The van der Waals surface area contributed by atoms with E-state index in [9.17, 15) is 22.4 Å². The predicted octanol–water partition coefficient (Wildman–Crippen LogP) is 4.01. The van der Waals surface area contributed by atoms with Crippen LogP contribution in [0.2, 0.25) is 0 Å². The van der Waals surface area contributed by atoms with Gasteiger partial charge in [-0.15, -0.1) is 0 Å². The Kier molecular flexibility index (Phi) is 9.79. The fourth-order valence-electron chi connectivity index (χ4n) is 4.04. The maximum Gasteiger partial charge on any atom is 0.264 e. The van der Waals surface area contributed by atoms with Crippen molar-refractivity contribution in [3.05, 3.63) is 96.3 Å². The molecule has 3 aromatic rings. The number of nitrogens with one attached hydrogen (secondary N) is 1. The Morgan fingerprint density at radius 2 is 1.49 bits per heavy atom. The number of benzene rings is 3. The fraction of sp³-hybridized carbons (Fsp3) is 0.286. The lowest BCUT2D eigenvalue weighted by Gasteiger charge is -2.33. The van der Waals surface area contributed by atoms with Crippen molar-refractivity contribution in [3.8, 4) is 0 Å². The van der Waals surface area contributed by atoms with Crippen molar-refractivity contribution in [1.82, 2.24) is 10.2 Å². The van der Waals surface area contributed by atoms with Crippen LogP contribution in [0.3, 0.4) is 0 Å². The lowest BCUT2D eigenvalue weighted by molar-refractivity contribution is -0.139. The van der Waals surface area contributed by atoms with Gasteiger partial charge >= 0.3 is 0 Å². The van der Waals surface area contributed by atoms with Gasteiger partial charge in [0.05, 0.1) is 10.6 Å². The van der Waals surface area contributed by atoms with Gasteiger partial charge in [-0.25, -0.2) is 12.8 Å². The third-order valence-corrected chi connectivity index (χ3v) is 7.73. The van der Waals surface area contributed by atoms with Crippen LogP contribution in [0.1, 0.15) is 25.8 Å². The molecule has 0 fully saturated rings. The number of halogens is 1. The van der Waals surface area contributed by atoms with Crippen LogP contribution in [0.4, 0.5) is 10.1 Å². The normalized spacial score (nSPS) is 12.0. The van der Waals surface area contributed by atoms with E-state index in [-0.39, 0.29) is 23.0 Å². The molecule has 3 rings (SSSR count). The van der Waals surface area contributed by atoms with E-state index in [1.807, 2.05) is 37.3 Å². The second kappa shape index (κ2) is 13.0. The van der Waals surface area contributed by atoms with E-state index in [1.54, 1.807) is 37.3 Å². The third kappa shape index (κ3) is 7.16. The number of carbonyl (C=O) groups is 2. The second-order valence-corrected chi connectivity index (χ2v) is 10.3. The molecule has 0 aliphatic carbocycles. The van der Waals surface area contributed by atoms with Gasteiger partial charge in [0.25, 0.3) is 10.0 Å². The van der Waals surface area contributed by atoms with Crippen LogP contribution in [-0.2, 0) is 26.0 Å². The van der Waals surface area contributed by atoms with E-state index in [0.717, 1.165) is 22.0 Å². The monoisotopic (exact) mass is 525 g/mol. The van der Waals surface area contributed by atoms with Crippen molar-refractivity contribution >= 4 is 27.5 Å². The van der Waals surface area contributed by atoms with Gasteiger partial charge in [-0.2, -0.15) is 0 Å². The topological polar surface area (TPSA) is 86.8 Å². The number of hydrogen-bond donors (Lipinski definition) is 1. The first-order valence-corrected chi connectivity index (χ1v) is 13.7. The largest absolute Gasteiger partial charge is 0.355 e.